The molecule has 0 fully saturated rings. The monoisotopic (exact) mass is 244 g/mol. The van der Waals surface area contributed by atoms with Crippen molar-refractivity contribution in [3.8, 4) is 11.4 Å². The van der Waals surface area contributed by atoms with Crippen molar-refractivity contribution in [3.05, 3.63) is 36.2 Å². The number of aromatic nitrogens is 3. The summed E-state index contributed by atoms with van der Waals surface area (Å²) in [5, 5.41) is 7.75. The molecule has 0 radical (unpaired) electrons. The first kappa shape index (κ1) is 11.8. The highest BCUT2D eigenvalue weighted by Crippen LogP contribution is 2.16. The maximum atomic E-state index is 11.6. The van der Waals surface area contributed by atoms with Crippen molar-refractivity contribution in [1.29, 1.82) is 0 Å². The Hall–Kier alpha value is -2.70. The van der Waals surface area contributed by atoms with Crippen molar-refractivity contribution in [3.63, 3.8) is 0 Å². The zero-order valence-corrected chi connectivity index (χ0v) is 9.74. The third-order valence-electron chi connectivity index (χ3n) is 2.33. The van der Waals surface area contributed by atoms with Gasteiger partial charge in [-0.3, -0.25) is 4.79 Å². The lowest BCUT2D eigenvalue weighted by Crippen LogP contribution is -2.24. The van der Waals surface area contributed by atoms with Gasteiger partial charge in [0.2, 0.25) is 5.82 Å². The second-order valence-corrected chi connectivity index (χ2v) is 3.61. The van der Waals surface area contributed by atoms with Crippen molar-refractivity contribution < 1.29 is 4.79 Å². The summed E-state index contributed by atoms with van der Waals surface area (Å²) in [5.74, 6) is -0.261. The molecule has 1 heterocycles. The summed E-state index contributed by atoms with van der Waals surface area (Å²) in [5.41, 5.74) is 11.2. The van der Waals surface area contributed by atoms with Gasteiger partial charge in [0.15, 0.2) is 11.8 Å². The number of benzene rings is 1. The van der Waals surface area contributed by atoms with E-state index in [1.165, 1.54) is 0 Å². The summed E-state index contributed by atoms with van der Waals surface area (Å²) >= 11 is 0. The fraction of sp³-hybridized carbons (Fsp3) is 0.0909. The number of carbonyl (C=O) groups is 1. The smallest absolute Gasteiger partial charge is 0.318 e. The van der Waals surface area contributed by atoms with Crippen molar-refractivity contribution in [2.24, 2.45) is 23.5 Å². The predicted molar refractivity (Wildman–Crippen MR) is 66.6 cm³/mol. The van der Waals surface area contributed by atoms with E-state index in [4.69, 9.17) is 11.5 Å². The van der Waals surface area contributed by atoms with Crippen molar-refractivity contribution >= 4 is 11.9 Å². The van der Waals surface area contributed by atoms with Gasteiger partial charge in [-0.25, -0.2) is 0 Å². The van der Waals surface area contributed by atoms with E-state index < -0.39 is 5.91 Å². The van der Waals surface area contributed by atoms with Crippen LogP contribution < -0.4 is 11.5 Å². The van der Waals surface area contributed by atoms with E-state index in [1.807, 2.05) is 30.3 Å². The van der Waals surface area contributed by atoms with Crippen LogP contribution in [0.5, 0.6) is 0 Å². The number of hydrogen-bond acceptors (Lipinski definition) is 3. The van der Waals surface area contributed by atoms with Gasteiger partial charge in [0.1, 0.15) is 0 Å². The van der Waals surface area contributed by atoms with Crippen molar-refractivity contribution in [2.45, 2.75) is 0 Å². The first-order valence-corrected chi connectivity index (χ1v) is 5.18. The Morgan fingerprint density at radius 2 is 1.89 bits per heavy atom. The van der Waals surface area contributed by atoms with Gasteiger partial charge in [-0.1, -0.05) is 30.3 Å². The Balaban J connectivity index is 2.42. The highest BCUT2D eigenvalue weighted by atomic mass is 16.1. The SMILES string of the molecule is Cn1c(C(=O)N=C(N)N)nnc1-c1ccccc1. The van der Waals surface area contributed by atoms with Crippen LogP contribution in [0.15, 0.2) is 35.3 Å². The molecule has 0 bridgehead atoms. The average molecular weight is 244 g/mol. The topological polar surface area (TPSA) is 112 Å². The minimum Gasteiger partial charge on any atom is -0.370 e. The first-order chi connectivity index (χ1) is 8.59. The second-order valence-electron chi connectivity index (χ2n) is 3.61. The number of guanidine groups is 1. The normalized spacial score (nSPS) is 10.1. The summed E-state index contributed by atoms with van der Waals surface area (Å²) < 4.78 is 1.55. The molecule has 92 valence electrons. The van der Waals surface area contributed by atoms with Gasteiger partial charge in [0.25, 0.3) is 0 Å². The standard InChI is InChI=1S/C11H12N6O/c1-17-8(7-5-3-2-4-6-7)15-16-9(17)10(18)14-11(12)13/h2-6H,1H3,(H4,12,13,14,18). The summed E-state index contributed by atoms with van der Waals surface area (Å²) in [4.78, 5) is 15.1. The van der Waals surface area contributed by atoms with Gasteiger partial charge in [0.05, 0.1) is 0 Å². The first-order valence-electron chi connectivity index (χ1n) is 5.18. The Bertz CT molecular complexity index is 597. The van der Waals surface area contributed by atoms with E-state index in [1.54, 1.807) is 11.6 Å². The van der Waals surface area contributed by atoms with E-state index in [-0.39, 0.29) is 11.8 Å². The lowest BCUT2D eigenvalue weighted by molar-refractivity contribution is 0.0989. The molecule has 0 unspecified atom stereocenters. The molecule has 4 N–H and O–H groups in total. The largest absolute Gasteiger partial charge is 0.370 e. The molecule has 0 atom stereocenters. The van der Waals surface area contributed by atoms with E-state index in [0.717, 1.165) is 5.56 Å². The predicted octanol–water partition coefficient (Wildman–Crippen LogP) is -0.104. The van der Waals surface area contributed by atoms with Gasteiger partial charge in [0, 0.05) is 12.6 Å². The number of rotatable bonds is 2. The molecule has 1 amide bonds. The van der Waals surface area contributed by atoms with E-state index in [9.17, 15) is 4.79 Å². The molecule has 7 heteroatoms. The molecule has 0 aliphatic carbocycles. The molecule has 0 aliphatic heterocycles. The summed E-state index contributed by atoms with van der Waals surface area (Å²) in [6.45, 7) is 0. The van der Waals surface area contributed by atoms with Crippen LogP contribution in [0.3, 0.4) is 0 Å². The maximum Gasteiger partial charge on any atom is 0.318 e. The Morgan fingerprint density at radius 3 is 2.50 bits per heavy atom. The highest BCUT2D eigenvalue weighted by molar-refractivity contribution is 5.99. The van der Waals surface area contributed by atoms with Crippen LogP contribution in [0.25, 0.3) is 11.4 Å². The molecule has 0 spiro atoms. The third kappa shape index (κ3) is 2.19. The molecular formula is C11H12N6O. The van der Waals surface area contributed by atoms with Crippen molar-refractivity contribution in [2.75, 3.05) is 0 Å². The van der Waals surface area contributed by atoms with Gasteiger partial charge in [-0.05, 0) is 0 Å². The molecule has 2 aromatic rings. The van der Waals surface area contributed by atoms with Crippen LogP contribution >= 0.6 is 0 Å². The molecule has 0 aliphatic rings. The zero-order valence-electron chi connectivity index (χ0n) is 9.74. The van der Waals surface area contributed by atoms with Crippen LogP contribution in [-0.4, -0.2) is 26.6 Å². The van der Waals surface area contributed by atoms with Gasteiger partial charge < -0.3 is 16.0 Å². The van der Waals surface area contributed by atoms with Gasteiger partial charge in [-0.2, -0.15) is 4.99 Å². The number of amides is 1. The Labute approximate surface area is 103 Å². The number of nitrogens with zero attached hydrogens (tertiary/aromatic N) is 4. The van der Waals surface area contributed by atoms with E-state index in [0.29, 0.717) is 5.82 Å². The zero-order chi connectivity index (χ0) is 13.1. The third-order valence-corrected chi connectivity index (χ3v) is 2.33. The highest BCUT2D eigenvalue weighted by Gasteiger charge is 2.16. The van der Waals surface area contributed by atoms with E-state index in [2.05, 4.69) is 15.2 Å². The molecule has 1 aromatic heterocycles. The second kappa shape index (κ2) is 4.66. The number of aliphatic imine (C=N–C) groups is 1. The maximum absolute atomic E-state index is 11.6. The molecule has 0 saturated carbocycles. The van der Waals surface area contributed by atoms with Crippen LogP contribution in [0.2, 0.25) is 0 Å². The minimum absolute atomic E-state index is 0.0854. The van der Waals surface area contributed by atoms with Crippen LogP contribution in [0.1, 0.15) is 10.6 Å². The number of nitrogens with two attached hydrogens (primary N) is 2. The fourth-order valence-electron chi connectivity index (χ4n) is 1.52. The lowest BCUT2D eigenvalue weighted by atomic mass is 10.2. The lowest BCUT2D eigenvalue weighted by Gasteiger charge is -2.01. The number of carbonyl (C=O) groups excluding carboxylic acids is 1. The van der Waals surface area contributed by atoms with Crippen LogP contribution in [0, 0.1) is 0 Å². The van der Waals surface area contributed by atoms with Crippen LogP contribution in [0.4, 0.5) is 0 Å². The van der Waals surface area contributed by atoms with Crippen LogP contribution in [-0.2, 0) is 7.05 Å². The Morgan fingerprint density at radius 1 is 1.22 bits per heavy atom. The Kier molecular flexibility index (Phi) is 3.05. The average Bonchev–Trinajstić information content (AvgIpc) is 2.71. The summed E-state index contributed by atoms with van der Waals surface area (Å²) in [7, 11) is 1.68. The quantitative estimate of drug-likeness (QED) is 0.565. The van der Waals surface area contributed by atoms with Gasteiger partial charge in [-0.15, -0.1) is 10.2 Å². The minimum atomic E-state index is -0.618. The molecule has 2 rings (SSSR count). The molecule has 1 aromatic carbocycles. The molecular weight excluding hydrogens is 232 g/mol. The summed E-state index contributed by atoms with van der Waals surface area (Å²) in [6.07, 6.45) is 0. The molecule has 7 nitrogen and oxygen atoms in total. The van der Waals surface area contributed by atoms with E-state index >= 15 is 0 Å². The number of hydrogen-bond donors (Lipinski definition) is 2. The van der Waals surface area contributed by atoms with Crippen molar-refractivity contribution in [1.82, 2.24) is 14.8 Å². The van der Waals surface area contributed by atoms with Gasteiger partial charge >= 0.3 is 5.91 Å². The summed E-state index contributed by atoms with van der Waals surface area (Å²) in [6, 6.07) is 9.39. The molecule has 0 saturated heterocycles. The fourth-order valence-corrected chi connectivity index (χ4v) is 1.52. The molecule has 18 heavy (non-hydrogen) atoms.